The summed E-state index contributed by atoms with van der Waals surface area (Å²) in [6.45, 7) is 6.29. The molecule has 4 aromatic rings. The number of aromatic nitrogens is 4. The number of aliphatic hydroxyl groups excluding tert-OH is 1. The van der Waals surface area contributed by atoms with E-state index >= 15 is 0 Å². The predicted molar refractivity (Wildman–Crippen MR) is 153 cm³/mol. The minimum absolute atomic E-state index is 0.00121. The molecule has 0 spiro atoms. The summed E-state index contributed by atoms with van der Waals surface area (Å²) in [4.78, 5) is 48.5. The van der Waals surface area contributed by atoms with Gasteiger partial charge in [-0.05, 0) is 44.0 Å². The number of hydrogen-bond donors (Lipinski definition) is 3. The summed E-state index contributed by atoms with van der Waals surface area (Å²) >= 11 is 0. The number of nitrogens with one attached hydrogen (secondary N) is 2. The van der Waals surface area contributed by atoms with Crippen molar-refractivity contribution in [3.8, 4) is 17.3 Å². The third-order valence-electron chi connectivity index (χ3n) is 6.63. The topological polar surface area (TPSA) is 144 Å². The van der Waals surface area contributed by atoms with Crippen molar-refractivity contribution >= 4 is 23.4 Å². The molecule has 1 fully saturated rings. The van der Waals surface area contributed by atoms with Crippen LogP contribution in [0.3, 0.4) is 0 Å². The molecule has 0 saturated carbocycles. The Kier molecular flexibility index (Phi) is 8.00. The highest BCUT2D eigenvalue weighted by atomic mass is 19.1. The Labute approximate surface area is 239 Å². The van der Waals surface area contributed by atoms with Gasteiger partial charge >= 0.3 is 6.03 Å². The summed E-state index contributed by atoms with van der Waals surface area (Å²) in [5.41, 5.74) is 0.0605. The number of allylic oxidation sites excluding steroid dienone is 1. The van der Waals surface area contributed by atoms with E-state index in [1.54, 1.807) is 42.2 Å². The number of likely N-dealkylation sites (tertiary alicyclic amines) is 1. The molecule has 1 saturated heterocycles. The van der Waals surface area contributed by atoms with Gasteiger partial charge in [0.15, 0.2) is 11.6 Å². The number of para-hydroxylation sites is 1. The summed E-state index contributed by atoms with van der Waals surface area (Å²) in [7, 11) is 0. The largest absolute Gasteiger partial charge is 0.511 e. The molecule has 1 aliphatic rings. The summed E-state index contributed by atoms with van der Waals surface area (Å²) in [6.07, 6.45) is 3.07. The van der Waals surface area contributed by atoms with E-state index < -0.39 is 17.3 Å². The average Bonchev–Trinajstić information content (AvgIpc) is 3.58. The number of amides is 3. The van der Waals surface area contributed by atoms with Crippen LogP contribution in [0, 0.1) is 12.7 Å². The van der Waals surface area contributed by atoms with Crippen molar-refractivity contribution in [2.75, 3.05) is 23.7 Å². The van der Waals surface area contributed by atoms with Crippen LogP contribution in [0.5, 0.6) is 11.6 Å². The molecule has 13 heteroatoms. The Morgan fingerprint density at radius 3 is 2.50 bits per heavy atom. The van der Waals surface area contributed by atoms with Gasteiger partial charge in [0.1, 0.15) is 23.5 Å². The first-order valence-corrected chi connectivity index (χ1v) is 13.1. The van der Waals surface area contributed by atoms with Crippen LogP contribution in [-0.4, -0.2) is 54.4 Å². The van der Waals surface area contributed by atoms with Crippen molar-refractivity contribution in [3.63, 3.8) is 0 Å². The van der Waals surface area contributed by atoms with Crippen LogP contribution in [0.4, 0.5) is 20.7 Å². The molecule has 0 radical (unpaired) electrons. The lowest BCUT2D eigenvalue weighted by atomic mass is 10.2. The second-order valence-electron chi connectivity index (χ2n) is 9.60. The maximum Gasteiger partial charge on any atom is 0.323 e. The van der Waals surface area contributed by atoms with Gasteiger partial charge in [0.05, 0.1) is 17.9 Å². The first kappa shape index (κ1) is 28.1. The summed E-state index contributed by atoms with van der Waals surface area (Å²) in [5.74, 6) is -1.74. The molecule has 5 rings (SSSR count). The Morgan fingerprint density at radius 1 is 1.07 bits per heavy atom. The zero-order valence-corrected chi connectivity index (χ0v) is 22.7. The Hall–Kier alpha value is -5.46. The lowest BCUT2D eigenvalue weighted by Crippen LogP contribution is -2.32. The number of rotatable bonds is 8. The fraction of sp³-hybridized carbons (Fsp3) is 0.207. The molecule has 3 N–H and O–H groups in total. The molecule has 3 heterocycles. The molecule has 2 aromatic heterocycles. The maximum absolute atomic E-state index is 15.0. The van der Waals surface area contributed by atoms with Crippen LogP contribution in [0.15, 0.2) is 78.1 Å². The third-order valence-corrected chi connectivity index (χ3v) is 6.63. The fourth-order valence-electron chi connectivity index (χ4n) is 4.64. The van der Waals surface area contributed by atoms with Crippen molar-refractivity contribution in [1.29, 1.82) is 0 Å². The summed E-state index contributed by atoms with van der Waals surface area (Å²) in [5, 5.41) is 15.0. The number of benzene rings is 2. The van der Waals surface area contributed by atoms with E-state index in [9.17, 15) is 23.9 Å². The summed E-state index contributed by atoms with van der Waals surface area (Å²) in [6, 6.07) is 13.5. The van der Waals surface area contributed by atoms with Crippen molar-refractivity contribution in [3.05, 3.63) is 101 Å². The van der Waals surface area contributed by atoms with E-state index in [1.165, 1.54) is 33.9 Å². The highest BCUT2D eigenvalue weighted by molar-refractivity contribution is 6.05. The molecule has 0 unspecified atom stereocenters. The highest BCUT2D eigenvalue weighted by Crippen LogP contribution is 2.27. The molecule has 3 amide bonds. The fourth-order valence-corrected chi connectivity index (χ4v) is 4.64. The SMILES string of the molecule is C=C(O)Cn1c(C)c(C(=O)Nc2ccc(Oc3cc(NC(=O)N4CCCC4)ncn3)c(F)c2)c(=O)n1-c1ccccc1. The predicted octanol–water partition coefficient (Wildman–Crippen LogP) is 4.62. The van der Waals surface area contributed by atoms with Gasteiger partial charge in [-0.3, -0.25) is 19.6 Å². The molecule has 2 aromatic carbocycles. The first-order chi connectivity index (χ1) is 20.2. The van der Waals surface area contributed by atoms with Gasteiger partial charge in [-0.15, -0.1) is 0 Å². The molecule has 216 valence electrons. The molecule has 12 nitrogen and oxygen atoms in total. The Morgan fingerprint density at radius 2 is 1.81 bits per heavy atom. The number of nitrogens with zero attached hydrogens (tertiary/aromatic N) is 5. The van der Waals surface area contributed by atoms with Gasteiger partial charge in [0.2, 0.25) is 5.88 Å². The minimum atomic E-state index is -0.804. The highest BCUT2D eigenvalue weighted by Gasteiger charge is 2.25. The number of urea groups is 1. The van der Waals surface area contributed by atoms with Crippen LogP contribution >= 0.6 is 0 Å². The van der Waals surface area contributed by atoms with Gasteiger partial charge in [-0.25, -0.2) is 23.8 Å². The van der Waals surface area contributed by atoms with E-state index in [0.717, 1.165) is 18.9 Å². The Bertz CT molecular complexity index is 1710. The van der Waals surface area contributed by atoms with Crippen LogP contribution < -0.4 is 20.9 Å². The second-order valence-corrected chi connectivity index (χ2v) is 9.60. The number of ether oxygens (including phenoxy) is 1. The normalized spacial score (nSPS) is 12.7. The van der Waals surface area contributed by atoms with E-state index in [0.29, 0.717) is 18.8 Å². The van der Waals surface area contributed by atoms with Crippen molar-refractivity contribution in [2.45, 2.75) is 26.3 Å². The zero-order valence-electron chi connectivity index (χ0n) is 22.7. The molecule has 42 heavy (non-hydrogen) atoms. The molecular formula is C29H28FN7O5. The standard InChI is InChI=1S/C29H28FN7O5/c1-18(38)16-36-19(2)26(28(40)37(36)21-8-4-3-5-9-21)27(39)33-20-10-11-23(22(30)14-20)42-25-15-24(31-17-32-25)34-29(41)35-12-6-7-13-35/h3-5,8-11,14-15,17,38H,1,6-7,12-13,16H2,2H3,(H,33,39)(H,31,32,34,41). The van der Waals surface area contributed by atoms with Crippen molar-refractivity contribution in [2.24, 2.45) is 0 Å². The van der Waals surface area contributed by atoms with Crippen LogP contribution in [0.2, 0.25) is 0 Å². The number of aliphatic hydroxyl groups is 1. The van der Waals surface area contributed by atoms with E-state index in [2.05, 4.69) is 27.2 Å². The molecule has 1 aliphatic heterocycles. The number of hydrogen-bond acceptors (Lipinski definition) is 7. The quantitative estimate of drug-likeness (QED) is 0.261. The van der Waals surface area contributed by atoms with Gasteiger partial charge in [-0.1, -0.05) is 24.8 Å². The lowest BCUT2D eigenvalue weighted by Gasteiger charge is -2.15. The number of carbonyl (C=O) groups is 2. The van der Waals surface area contributed by atoms with Gasteiger partial charge in [0, 0.05) is 30.9 Å². The molecule has 0 atom stereocenters. The number of anilines is 2. The Balaban J connectivity index is 1.33. The van der Waals surface area contributed by atoms with Gasteiger partial charge < -0.3 is 20.1 Å². The van der Waals surface area contributed by atoms with Crippen LogP contribution in [0.1, 0.15) is 28.9 Å². The van der Waals surface area contributed by atoms with Gasteiger partial charge in [-0.2, -0.15) is 0 Å². The monoisotopic (exact) mass is 573 g/mol. The van der Waals surface area contributed by atoms with E-state index in [1.807, 2.05) is 0 Å². The van der Waals surface area contributed by atoms with E-state index in [4.69, 9.17) is 4.74 Å². The van der Waals surface area contributed by atoms with Crippen LogP contribution in [-0.2, 0) is 6.54 Å². The van der Waals surface area contributed by atoms with Crippen molar-refractivity contribution < 1.29 is 23.8 Å². The number of halogens is 1. The minimum Gasteiger partial charge on any atom is -0.511 e. The molecule has 0 aliphatic carbocycles. The van der Waals surface area contributed by atoms with Crippen LogP contribution in [0.25, 0.3) is 5.69 Å². The average molecular weight is 574 g/mol. The molecular weight excluding hydrogens is 545 g/mol. The smallest absolute Gasteiger partial charge is 0.323 e. The van der Waals surface area contributed by atoms with E-state index in [-0.39, 0.29) is 52.7 Å². The first-order valence-electron chi connectivity index (χ1n) is 13.1. The third kappa shape index (κ3) is 5.99. The van der Waals surface area contributed by atoms with Crippen molar-refractivity contribution in [1.82, 2.24) is 24.2 Å². The zero-order chi connectivity index (χ0) is 29.8. The maximum atomic E-state index is 15.0. The lowest BCUT2D eigenvalue weighted by molar-refractivity contribution is 0.102. The molecule has 0 bridgehead atoms. The number of carbonyl (C=O) groups excluding carboxylic acids is 2. The summed E-state index contributed by atoms with van der Waals surface area (Å²) < 4.78 is 23.3. The van der Waals surface area contributed by atoms with Gasteiger partial charge in [0.25, 0.3) is 11.5 Å². The second kappa shape index (κ2) is 12.0.